The van der Waals surface area contributed by atoms with Gasteiger partial charge in [-0.1, -0.05) is 18.2 Å². The van der Waals surface area contributed by atoms with E-state index in [0.717, 1.165) is 24.5 Å². The van der Waals surface area contributed by atoms with E-state index >= 15 is 0 Å². The van der Waals surface area contributed by atoms with E-state index in [-0.39, 0.29) is 4.90 Å². The van der Waals surface area contributed by atoms with E-state index < -0.39 is 10.1 Å². The van der Waals surface area contributed by atoms with Gasteiger partial charge in [0.15, 0.2) is 5.82 Å². The summed E-state index contributed by atoms with van der Waals surface area (Å²) in [5, 5.41) is 8.23. The van der Waals surface area contributed by atoms with Crippen LogP contribution in [0.15, 0.2) is 40.3 Å². The molecule has 0 radical (unpaired) electrons. The standard InChI is InChI=1S/C8H15N7.C6H6O3S/c1-14-6-4-11-3-5(6)12-7(14)8(13-9)15(2)10;7-10(8,9)6-4-2-1-3-5-6/h11H,3-4,9-10H2,1-2H3;1-5H,(H,7,8,9)/b13-8-;. The summed E-state index contributed by atoms with van der Waals surface area (Å²) in [6.07, 6.45) is 0. The van der Waals surface area contributed by atoms with Crippen LogP contribution in [0.5, 0.6) is 0 Å². The average Bonchev–Trinajstić information content (AvgIpc) is 3.13. The van der Waals surface area contributed by atoms with Crippen LogP contribution in [0.2, 0.25) is 0 Å². The highest BCUT2D eigenvalue weighted by molar-refractivity contribution is 7.85. The number of benzene rings is 1. The Morgan fingerprint density at radius 1 is 1.36 bits per heavy atom. The van der Waals surface area contributed by atoms with Crippen LogP contribution < -0.4 is 17.0 Å². The molecule has 0 saturated heterocycles. The molecule has 10 nitrogen and oxygen atoms in total. The summed E-state index contributed by atoms with van der Waals surface area (Å²) < 4.78 is 31.2. The predicted molar refractivity (Wildman–Crippen MR) is 92.7 cm³/mol. The van der Waals surface area contributed by atoms with Gasteiger partial charge < -0.3 is 15.7 Å². The Hall–Kier alpha value is -2.47. The minimum atomic E-state index is -4.00. The normalized spacial score (nSPS) is 13.8. The number of fused-ring (bicyclic) bond motifs is 1. The van der Waals surface area contributed by atoms with Crippen molar-refractivity contribution in [2.75, 3.05) is 7.05 Å². The molecular formula is C14H21N7O3S. The lowest BCUT2D eigenvalue weighted by Gasteiger charge is -2.14. The van der Waals surface area contributed by atoms with Crippen molar-refractivity contribution < 1.29 is 13.0 Å². The van der Waals surface area contributed by atoms with E-state index in [1.807, 2.05) is 11.6 Å². The van der Waals surface area contributed by atoms with Crippen LogP contribution in [0.3, 0.4) is 0 Å². The molecule has 2 aromatic rings. The molecule has 2 heterocycles. The monoisotopic (exact) mass is 367 g/mol. The molecule has 1 aromatic heterocycles. The van der Waals surface area contributed by atoms with Crippen LogP contribution in [0.25, 0.3) is 0 Å². The van der Waals surface area contributed by atoms with Crippen LogP contribution in [0.4, 0.5) is 0 Å². The van der Waals surface area contributed by atoms with E-state index in [9.17, 15) is 8.42 Å². The van der Waals surface area contributed by atoms with Gasteiger partial charge in [0, 0.05) is 27.2 Å². The SMILES string of the molecule is CN(N)/C(=N\N)c1nc2c(n1C)CNC2.O=S(=O)(O)c1ccccc1. The molecule has 0 spiro atoms. The van der Waals surface area contributed by atoms with Crippen molar-refractivity contribution in [3.63, 3.8) is 0 Å². The van der Waals surface area contributed by atoms with Gasteiger partial charge in [0.05, 0.1) is 16.3 Å². The zero-order valence-electron chi connectivity index (χ0n) is 13.9. The third-order valence-electron chi connectivity index (χ3n) is 3.58. The van der Waals surface area contributed by atoms with Crippen LogP contribution >= 0.6 is 0 Å². The van der Waals surface area contributed by atoms with Gasteiger partial charge in [0.25, 0.3) is 10.1 Å². The molecule has 0 saturated carbocycles. The Balaban J connectivity index is 0.000000196. The Bertz CT molecular complexity index is 860. The molecular weight excluding hydrogens is 346 g/mol. The molecule has 1 aliphatic rings. The van der Waals surface area contributed by atoms with Gasteiger partial charge in [-0.2, -0.15) is 13.5 Å². The number of aromatic nitrogens is 2. The van der Waals surface area contributed by atoms with E-state index in [1.165, 1.54) is 17.1 Å². The third-order valence-corrected chi connectivity index (χ3v) is 4.45. The molecule has 1 aliphatic heterocycles. The van der Waals surface area contributed by atoms with Crippen molar-refractivity contribution >= 4 is 16.0 Å². The summed E-state index contributed by atoms with van der Waals surface area (Å²) in [6, 6.07) is 7.42. The van der Waals surface area contributed by atoms with Gasteiger partial charge in [-0.05, 0) is 12.1 Å². The highest BCUT2D eigenvalue weighted by Gasteiger charge is 2.22. The number of hydrogen-bond donors (Lipinski definition) is 4. The number of amidine groups is 1. The van der Waals surface area contributed by atoms with Gasteiger partial charge in [-0.3, -0.25) is 9.56 Å². The van der Waals surface area contributed by atoms with Gasteiger partial charge in [0.1, 0.15) is 0 Å². The van der Waals surface area contributed by atoms with Crippen LogP contribution in [-0.2, 0) is 30.3 Å². The maximum absolute atomic E-state index is 10.4. The minimum absolute atomic E-state index is 0.0741. The highest BCUT2D eigenvalue weighted by Crippen LogP contribution is 2.16. The topological polar surface area (TPSA) is 152 Å². The van der Waals surface area contributed by atoms with E-state index in [1.54, 1.807) is 25.2 Å². The minimum Gasteiger partial charge on any atom is -0.327 e. The first-order chi connectivity index (χ1) is 11.8. The first kappa shape index (κ1) is 18.9. The van der Waals surface area contributed by atoms with E-state index in [2.05, 4.69) is 15.4 Å². The van der Waals surface area contributed by atoms with Crippen molar-refractivity contribution in [3.8, 4) is 0 Å². The molecule has 3 rings (SSSR count). The maximum atomic E-state index is 10.4. The van der Waals surface area contributed by atoms with Crippen molar-refractivity contribution in [2.45, 2.75) is 18.0 Å². The smallest absolute Gasteiger partial charge is 0.294 e. The zero-order chi connectivity index (χ0) is 18.6. The number of hydrazine groups is 1. The molecule has 1 aromatic carbocycles. The summed E-state index contributed by atoms with van der Waals surface area (Å²) >= 11 is 0. The summed E-state index contributed by atoms with van der Waals surface area (Å²) in [5.41, 5.74) is 2.20. The Labute approximate surface area is 145 Å². The molecule has 0 amide bonds. The van der Waals surface area contributed by atoms with Gasteiger partial charge >= 0.3 is 0 Å². The lowest BCUT2D eigenvalue weighted by Crippen LogP contribution is -2.36. The summed E-state index contributed by atoms with van der Waals surface area (Å²) in [5.74, 6) is 12.1. The largest absolute Gasteiger partial charge is 0.327 e. The second-order valence-corrected chi connectivity index (χ2v) is 6.76. The average molecular weight is 367 g/mol. The van der Waals surface area contributed by atoms with Crippen molar-refractivity contribution in [1.29, 1.82) is 0 Å². The van der Waals surface area contributed by atoms with Gasteiger partial charge in [-0.15, -0.1) is 0 Å². The number of nitrogens with zero attached hydrogens (tertiary/aromatic N) is 4. The van der Waals surface area contributed by atoms with Crippen molar-refractivity contribution in [2.24, 2.45) is 23.8 Å². The molecule has 0 unspecified atom stereocenters. The fourth-order valence-corrected chi connectivity index (χ4v) is 2.85. The first-order valence-corrected chi connectivity index (χ1v) is 8.74. The van der Waals surface area contributed by atoms with Crippen LogP contribution in [0, 0.1) is 0 Å². The predicted octanol–water partition coefficient (Wildman–Crippen LogP) is -0.618. The Morgan fingerprint density at radius 2 is 2.00 bits per heavy atom. The van der Waals surface area contributed by atoms with E-state index in [0.29, 0.717) is 11.7 Å². The highest BCUT2D eigenvalue weighted by atomic mass is 32.2. The fraction of sp³-hybridized carbons (Fsp3) is 0.286. The molecule has 0 bridgehead atoms. The van der Waals surface area contributed by atoms with Crippen molar-refractivity contribution in [1.82, 2.24) is 19.9 Å². The number of nitrogens with one attached hydrogen (secondary N) is 1. The van der Waals surface area contributed by atoms with Crippen LogP contribution in [-0.4, -0.2) is 40.4 Å². The second-order valence-electron chi connectivity index (χ2n) is 5.34. The lowest BCUT2D eigenvalue weighted by molar-refractivity contribution is 0.483. The Kier molecular flexibility index (Phi) is 5.74. The maximum Gasteiger partial charge on any atom is 0.294 e. The molecule has 25 heavy (non-hydrogen) atoms. The summed E-state index contributed by atoms with van der Waals surface area (Å²) in [7, 11) is -0.385. The van der Waals surface area contributed by atoms with Crippen LogP contribution in [0.1, 0.15) is 17.2 Å². The summed E-state index contributed by atoms with van der Waals surface area (Å²) in [4.78, 5) is 4.38. The quantitative estimate of drug-likeness (QED) is 0.180. The number of rotatable bonds is 2. The second kappa shape index (κ2) is 7.61. The zero-order valence-corrected chi connectivity index (χ0v) is 14.7. The van der Waals surface area contributed by atoms with Gasteiger partial charge in [-0.25, -0.2) is 10.8 Å². The lowest BCUT2D eigenvalue weighted by atomic mass is 10.4. The molecule has 0 aliphatic carbocycles. The molecule has 11 heteroatoms. The fourth-order valence-electron chi connectivity index (χ4n) is 2.35. The summed E-state index contributed by atoms with van der Waals surface area (Å²) in [6.45, 7) is 1.61. The Morgan fingerprint density at radius 3 is 2.44 bits per heavy atom. The van der Waals surface area contributed by atoms with E-state index in [4.69, 9.17) is 16.2 Å². The van der Waals surface area contributed by atoms with Gasteiger partial charge in [0.2, 0.25) is 5.84 Å². The molecule has 0 fully saturated rings. The molecule has 136 valence electrons. The number of hydrazone groups is 1. The molecule has 0 atom stereocenters. The number of nitrogens with two attached hydrogens (primary N) is 2. The first-order valence-electron chi connectivity index (χ1n) is 7.30. The number of imidazole rings is 1. The third kappa shape index (κ3) is 4.33. The number of hydrogen-bond acceptors (Lipinski definition) is 7. The molecule has 6 N–H and O–H groups in total. The van der Waals surface area contributed by atoms with Crippen molar-refractivity contribution in [3.05, 3.63) is 47.5 Å².